The van der Waals surface area contributed by atoms with Gasteiger partial charge in [0.25, 0.3) is 0 Å². The highest BCUT2D eigenvalue weighted by atomic mass is 16.6. The van der Waals surface area contributed by atoms with Crippen molar-refractivity contribution in [3.63, 3.8) is 0 Å². The molecule has 0 saturated carbocycles. The first-order valence-corrected chi connectivity index (χ1v) is 18.2. The zero-order chi connectivity index (χ0) is 44.0. The first-order valence-electron chi connectivity index (χ1n) is 18.2. The number of carboxylic acid groups (broad SMARTS) is 4. The van der Waals surface area contributed by atoms with Crippen molar-refractivity contribution in [1.29, 1.82) is 0 Å². The van der Waals surface area contributed by atoms with E-state index in [1.807, 2.05) is 0 Å². The number of carbonyl (C=O) groups excluding carboxylic acids is 5. The number of ether oxygens (including phenoxy) is 4. The monoisotopic (exact) mass is 832 g/mol. The predicted octanol–water partition coefficient (Wildman–Crippen LogP) is -3.34. The Morgan fingerprint density at radius 2 is 1.00 bits per heavy atom. The highest BCUT2D eigenvalue weighted by Gasteiger charge is 2.34. The van der Waals surface area contributed by atoms with Gasteiger partial charge in [0.15, 0.2) is 0 Å². The van der Waals surface area contributed by atoms with E-state index in [0.717, 1.165) is 0 Å². The fourth-order valence-corrected chi connectivity index (χ4v) is 4.56. The van der Waals surface area contributed by atoms with Crippen molar-refractivity contribution in [1.82, 2.24) is 31.9 Å². The fourth-order valence-electron chi connectivity index (χ4n) is 4.56. The predicted molar refractivity (Wildman–Crippen MR) is 199 cm³/mol. The fraction of sp³-hybridized carbons (Fsp3) is 0.686. The van der Waals surface area contributed by atoms with Crippen LogP contribution in [0.1, 0.15) is 52.9 Å². The van der Waals surface area contributed by atoms with Gasteiger partial charge >= 0.3 is 23.9 Å². The summed E-state index contributed by atoms with van der Waals surface area (Å²) in [6.45, 7) is 5.89. The zero-order valence-corrected chi connectivity index (χ0v) is 32.7. The normalized spacial score (nSPS) is 13.4. The number of aliphatic carboxylic acids is 4. The Balaban J connectivity index is 5.14. The van der Waals surface area contributed by atoms with Gasteiger partial charge in [-0.1, -0.05) is 19.8 Å². The SMILES string of the molecule is C#CCN[C@@H](CC(=O)O)C(=O)NC(CCC(=O)O)C(=O)N[C@H](C(=O)NC(CC(=O)O)C(=O)N[C@@H](C)C(=O)NCCOCCOCCOCCOCCC(=O)O)C(C)C. The van der Waals surface area contributed by atoms with Gasteiger partial charge in [-0.2, -0.15) is 0 Å². The quantitative estimate of drug-likeness (QED) is 0.0224. The molecule has 58 heavy (non-hydrogen) atoms. The third-order valence-electron chi connectivity index (χ3n) is 7.56. The summed E-state index contributed by atoms with van der Waals surface area (Å²) >= 11 is 0. The van der Waals surface area contributed by atoms with Crippen LogP contribution in [0.5, 0.6) is 0 Å². The highest BCUT2D eigenvalue weighted by molar-refractivity contribution is 5.97. The molecule has 2 unspecified atom stereocenters. The third kappa shape index (κ3) is 25.7. The van der Waals surface area contributed by atoms with Gasteiger partial charge in [0.05, 0.1) is 84.7 Å². The molecule has 0 aliphatic heterocycles. The molecular weight excluding hydrogens is 776 g/mol. The van der Waals surface area contributed by atoms with Crippen LogP contribution in [0.15, 0.2) is 0 Å². The van der Waals surface area contributed by atoms with E-state index in [1.165, 1.54) is 20.8 Å². The minimum atomic E-state index is -1.72. The van der Waals surface area contributed by atoms with Gasteiger partial charge < -0.3 is 66.0 Å². The van der Waals surface area contributed by atoms with Crippen molar-refractivity contribution in [3.05, 3.63) is 0 Å². The van der Waals surface area contributed by atoms with Crippen molar-refractivity contribution >= 4 is 53.4 Å². The zero-order valence-electron chi connectivity index (χ0n) is 32.7. The summed E-state index contributed by atoms with van der Waals surface area (Å²) in [7, 11) is 0. The lowest BCUT2D eigenvalue weighted by Crippen LogP contribution is -2.60. The second-order valence-corrected chi connectivity index (χ2v) is 12.7. The van der Waals surface area contributed by atoms with Gasteiger partial charge in [0, 0.05) is 13.0 Å². The molecular formula is C35H56N6O17. The average Bonchev–Trinajstić information content (AvgIpc) is 3.13. The van der Waals surface area contributed by atoms with E-state index in [-0.39, 0.29) is 72.4 Å². The summed E-state index contributed by atoms with van der Waals surface area (Å²) in [6, 6.07) is -7.32. The maximum absolute atomic E-state index is 13.4. The van der Waals surface area contributed by atoms with Crippen LogP contribution in [-0.4, -0.2) is 170 Å². The topological polar surface area (TPSA) is 344 Å². The van der Waals surface area contributed by atoms with Crippen LogP contribution in [0.4, 0.5) is 0 Å². The molecule has 5 amide bonds. The Morgan fingerprint density at radius 3 is 1.50 bits per heavy atom. The van der Waals surface area contributed by atoms with Gasteiger partial charge in [-0.25, -0.2) is 0 Å². The number of carbonyl (C=O) groups is 9. The lowest BCUT2D eigenvalue weighted by Gasteiger charge is -2.28. The van der Waals surface area contributed by atoms with Crippen LogP contribution in [-0.2, 0) is 62.1 Å². The minimum absolute atomic E-state index is 0.0463. The Labute approximate surface area is 335 Å². The van der Waals surface area contributed by atoms with Crippen molar-refractivity contribution < 1.29 is 82.5 Å². The van der Waals surface area contributed by atoms with E-state index >= 15 is 0 Å². The van der Waals surface area contributed by atoms with E-state index in [1.54, 1.807) is 0 Å². The first-order chi connectivity index (χ1) is 27.4. The molecule has 0 spiro atoms. The Kier molecular flexibility index (Phi) is 27.8. The second-order valence-electron chi connectivity index (χ2n) is 12.7. The number of carboxylic acids is 4. The Morgan fingerprint density at radius 1 is 0.534 bits per heavy atom. The molecule has 5 atom stereocenters. The van der Waals surface area contributed by atoms with Crippen LogP contribution in [0.3, 0.4) is 0 Å². The molecule has 23 heteroatoms. The third-order valence-corrected chi connectivity index (χ3v) is 7.56. The van der Waals surface area contributed by atoms with Gasteiger partial charge in [-0.3, -0.25) is 48.5 Å². The van der Waals surface area contributed by atoms with Crippen LogP contribution in [0.2, 0.25) is 0 Å². The lowest BCUT2D eigenvalue weighted by molar-refractivity contribution is -0.142. The number of terminal acetylenes is 1. The molecule has 0 heterocycles. The molecule has 0 bridgehead atoms. The van der Waals surface area contributed by atoms with Crippen molar-refractivity contribution in [2.45, 2.75) is 83.1 Å². The number of nitrogens with one attached hydrogen (secondary N) is 6. The van der Waals surface area contributed by atoms with Gasteiger partial charge in [0.2, 0.25) is 29.5 Å². The number of hydrogen-bond donors (Lipinski definition) is 10. The Bertz CT molecular complexity index is 1410. The molecule has 0 aromatic heterocycles. The summed E-state index contributed by atoms with van der Waals surface area (Å²) < 4.78 is 21.1. The summed E-state index contributed by atoms with van der Waals surface area (Å²) in [4.78, 5) is 110. The minimum Gasteiger partial charge on any atom is -0.481 e. The largest absolute Gasteiger partial charge is 0.481 e. The first kappa shape index (κ1) is 52.6. The Hall–Kier alpha value is -5.41. The molecule has 0 saturated heterocycles. The molecule has 0 aliphatic rings. The van der Waals surface area contributed by atoms with Crippen LogP contribution in [0.25, 0.3) is 0 Å². The van der Waals surface area contributed by atoms with Crippen LogP contribution in [0, 0.1) is 18.3 Å². The van der Waals surface area contributed by atoms with E-state index in [9.17, 15) is 58.5 Å². The molecule has 0 fully saturated rings. The summed E-state index contributed by atoms with van der Waals surface area (Å²) in [5.41, 5.74) is 0. The average molecular weight is 833 g/mol. The molecule has 0 aromatic rings. The lowest BCUT2D eigenvalue weighted by atomic mass is 10.0. The molecule has 0 aliphatic carbocycles. The maximum Gasteiger partial charge on any atom is 0.305 e. The number of hydrogen-bond acceptors (Lipinski definition) is 14. The van der Waals surface area contributed by atoms with Crippen molar-refractivity contribution in [2.24, 2.45) is 5.92 Å². The van der Waals surface area contributed by atoms with Crippen molar-refractivity contribution in [2.75, 3.05) is 65.9 Å². The molecule has 0 aromatic carbocycles. The maximum atomic E-state index is 13.4. The van der Waals surface area contributed by atoms with Crippen LogP contribution < -0.4 is 31.9 Å². The van der Waals surface area contributed by atoms with E-state index < -0.39 is 115 Å². The molecule has 0 rings (SSSR count). The number of amides is 5. The van der Waals surface area contributed by atoms with Gasteiger partial charge in [-0.05, 0) is 19.3 Å². The summed E-state index contributed by atoms with van der Waals surface area (Å²) in [6.07, 6.45) is 2.37. The van der Waals surface area contributed by atoms with E-state index in [4.69, 9.17) is 30.5 Å². The van der Waals surface area contributed by atoms with Gasteiger partial charge in [-0.15, -0.1) is 6.42 Å². The number of rotatable bonds is 34. The highest BCUT2D eigenvalue weighted by Crippen LogP contribution is 2.08. The smallest absolute Gasteiger partial charge is 0.305 e. The molecule has 10 N–H and O–H groups in total. The van der Waals surface area contributed by atoms with E-state index in [0.29, 0.717) is 0 Å². The van der Waals surface area contributed by atoms with Crippen molar-refractivity contribution in [3.8, 4) is 12.3 Å². The molecule has 23 nitrogen and oxygen atoms in total. The summed E-state index contributed by atoms with van der Waals surface area (Å²) in [5, 5.41) is 50.6. The van der Waals surface area contributed by atoms with Gasteiger partial charge in [0.1, 0.15) is 24.2 Å². The summed E-state index contributed by atoms with van der Waals surface area (Å²) in [5.74, 6) is -8.38. The second kappa shape index (κ2) is 30.7. The van der Waals surface area contributed by atoms with E-state index in [2.05, 4.69) is 37.8 Å². The van der Waals surface area contributed by atoms with Crippen LogP contribution >= 0.6 is 0 Å². The molecule has 328 valence electrons. The standard InChI is InChI=1S/C35H56N6O17/c1-5-9-36-24(19-28(46)47)33(52)39-23(6-7-26(42)43)32(51)41-30(21(2)3)35(54)40-25(20-29(48)49)34(53)38-22(4)31(50)37-10-12-56-14-16-58-18-17-57-15-13-55-11-8-27(44)45/h1,21-25,30,36H,6-20H2,2-4H3,(H,37,50)(H,38,53)(H,39,52)(H,40,54)(H,41,51)(H,42,43)(H,44,45)(H,46,47)(H,48,49)/t22-,23?,24-,25?,30-/m0/s1. The molecule has 0 radical (unpaired) electrons.